The smallest absolute Gasteiger partial charge is 0.156 e. The molecule has 0 aliphatic heterocycles. The third kappa shape index (κ3) is 7.96. The van der Waals surface area contributed by atoms with Crippen molar-refractivity contribution in [2.24, 2.45) is 0 Å². The van der Waals surface area contributed by atoms with Crippen LogP contribution >= 0.6 is 0 Å². The Morgan fingerprint density at radius 2 is 2.18 bits per heavy atom. The molecule has 0 rings (SSSR count). The van der Waals surface area contributed by atoms with E-state index >= 15 is 0 Å². The van der Waals surface area contributed by atoms with Gasteiger partial charge in [0.05, 0.1) is 13.2 Å². The van der Waals surface area contributed by atoms with Gasteiger partial charge in [-0.1, -0.05) is 0 Å². The van der Waals surface area contributed by atoms with Crippen LogP contribution in [0.2, 0.25) is 6.04 Å². The maximum atomic E-state index is 8.80. The Morgan fingerprint density at radius 3 is 2.73 bits per heavy atom. The van der Waals surface area contributed by atoms with Crippen molar-refractivity contribution < 1.29 is 19.7 Å². The van der Waals surface area contributed by atoms with Crippen molar-refractivity contribution in [3.63, 3.8) is 0 Å². The van der Waals surface area contributed by atoms with Gasteiger partial charge >= 0.3 is 0 Å². The average molecular weight is 180 g/mol. The third-order valence-corrected chi connectivity index (χ3v) is 2.03. The molecule has 0 aromatic heterocycles. The molecule has 0 aromatic carbocycles. The second-order valence-corrected chi connectivity index (χ2v) is 3.50. The van der Waals surface area contributed by atoms with E-state index in [4.69, 9.17) is 19.7 Å². The topological polar surface area (TPSA) is 69.9 Å². The van der Waals surface area contributed by atoms with Gasteiger partial charge in [0.2, 0.25) is 0 Å². The van der Waals surface area contributed by atoms with Crippen LogP contribution in [0.25, 0.3) is 0 Å². The molecule has 0 saturated heterocycles. The molecule has 11 heavy (non-hydrogen) atoms. The average Bonchev–Trinajstić information content (AvgIpc) is 2.04. The highest BCUT2D eigenvalue weighted by Crippen LogP contribution is 1.90. The Morgan fingerprint density at radius 1 is 1.45 bits per heavy atom. The molecular weight excluding hydrogens is 164 g/mol. The summed E-state index contributed by atoms with van der Waals surface area (Å²) >= 11 is 0. The summed E-state index contributed by atoms with van der Waals surface area (Å²) < 4.78 is 4.99. The number of aliphatic hydroxyl groups is 2. The molecule has 1 atom stereocenters. The zero-order chi connectivity index (χ0) is 8.53. The molecule has 0 heterocycles. The second-order valence-electron chi connectivity index (χ2n) is 2.34. The summed E-state index contributed by atoms with van der Waals surface area (Å²) in [5.74, 6) is 0. The minimum Gasteiger partial charge on any atom is -0.438 e. The van der Waals surface area contributed by atoms with Crippen LogP contribution in [0.1, 0.15) is 6.42 Å². The zero-order valence-corrected chi connectivity index (χ0v) is 7.98. The summed E-state index contributed by atoms with van der Waals surface area (Å²) in [7, 11) is -0.830. The maximum Gasteiger partial charge on any atom is 0.156 e. The highest BCUT2D eigenvalue weighted by molar-refractivity contribution is 6.25. The fourth-order valence-electron chi connectivity index (χ4n) is 0.588. The quantitative estimate of drug-likeness (QED) is 0.321. The maximum absolute atomic E-state index is 8.80. The largest absolute Gasteiger partial charge is 0.438 e. The van der Waals surface area contributed by atoms with Gasteiger partial charge in [0.25, 0.3) is 0 Å². The van der Waals surface area contributed by atoms with Gasteiger partial charge in [0.1, 0.15) is 6.10 Å². The fraction of sp³-hybridized carbons (Fsp3) is 1.00. The SMILES string of the molecule is OCC(O)COCCC[SiH2]O. The Labute approximate surface area is 68.8 Å². The van der Waals surface area contributed by atoms with Gasteiger partial charge in [-0.3, -0.25) is 0 Å². The van der Waals surface area contributed by atoms with Gasteiger partial charge in [-0.25, -0.2) is 0 Å². The van der Waals surface area contributed by atoms with E-state index in [1.165, 1.54) is 0 Å². The lowest BCUT2D eigenvalue weighted by molar-refractivity contribution is 0.00647. The molecule has 0 spiro atoms. The molecule has 3 N–H and O–H groups in total. The van der Waals surface area contributed by atoms with Crippen molar-refractivity contribution in [2.45, 2.75) is 18.6 Å². The first-order valence-electron chi connectivity index (χ1n) is 3.78. The predicted octanol–water partition coefficient (Wildman–Crippen LogP) is -1.76. The Bertz CT molecular complexity index is 81.0. The molecule has 0 aliphatic rings. The number of aliphatic hydroxyl groups excluding tert-OH is 2. The predicted molar refractivity (Wildman–Crippen MR) is 44.1 cm³/mol. The second kappa shape index (κ2) is 8.16. The van der Waals surface area contributed by atoms with Crippen LogP contribution in [-0.4, -0.2) is 50.7 Å². The van der Waals surface area contributed by atoms with E-state index in [0.29, 0.717) is 6.61 Å². The van der Waals surface area contributed by atoms with Crippen molar-refractivity contribution in [2.75, 3.05) is 19.8 Å². The van der Waals surface area contributed by atoms with Crippen molar-refractivity contribution in [3.05, 3.63) is 0 Å². The highest BCUT2D eigenvalue weighted by atomic mass is 28.2. The van der Waals surface area contributed by atoms with Crippen LogP contribution in [0.4, 0.5) is 0 Å². The molecule has 0 saturated carbocycles. The summed E-state index contributed by atoms with van der Waals surface area (Å²) in [6, 6.07) is 0.856. The summed E-state index contributed by atoms with van der Waals surface area (Å²) in [4.78, 5) is 8.51. The summed E-state index contributed by atoms with van der Waals surface area (Å²) in [5, 5.41) is 17.2. The number of hydrogen-bond acceptors (Lipinski definition) is 4. The molecule has 0 aliphatic carbocycles. The van der Waals surface area contributed by atoms with E-state index in [-0.39, 0.29) is 13.2 Å². The van der Waals surface area contributed by atoms with Crippen LogP contribution in [-0.2, 0) is 4.74 Å². The normalized spacial score (nSPS) is 14.5. The van der Waals surface area contributed by atoms with E-state index in [0.717, 1.165) is 12.5 Å². The van der Waals surface area contributed by atoms with Crippen LogP contribution in [0.15, 0.2) is 0 Å². The van der Waals surface area contributed by atoms with Gasteiger partial charge in [-0.05, 0) is 12.5 Å². The van der Waals surface area contributed by atoms with Crippen LogP contribution in [0.3, 0.4) is 0 Å². The van der Waals surface area contributed by atoms with E-state index in [9.17, 15) is 0 Å². The summed E-state index contributed by atoms with van der Waals surface area (Å²) in [6.45, 7) is 0.489. The zero-order valence-electron chi connectivity index (χ0n) is 6.57. The molecule has 4 nitrogen and oxygen atoms in total. The Hall–Kier alpha value is 0.0569. The van der Waals surface area contributed by atoms with Gasteiger partial charge in [0.15, 0.2) is 9.76 Å². The van der Waals surface area contributed by atoms with Gasteiger partial charge in [-0.15, -0.1) is 0 Å². The minimum atomic E-state index is -0.830. The van der Waals surface area contributed by atoms with Crippen LogP contribution < -0.4 is 0 Å². The summed E-state index contributed by atoms with van der Waals surface area (Å²) in [5.41, 5.74) is 0. The van der Waals surface area contributed by atoms with Gasteiger partial charge in [-0.2, -0.15) is 0 Å². The molecule has 0 radical (unpaired) electrons. The monoisotopic (exact) mass is 180 g/mol. The lowest BCUT2D eigenvalue weighted by atomic mass is 10.4. The molecule has 68 valence electrons. The minimum absolute atomic E-state index is 0.184. The standard InChI is InChI=1S/C6H16O4Si/c7-4-6(8)5-10-2-1-3-11-9/h6-9H,1-5,11H2. The molecule has 0 fully saturated rings. The van der Waals surface area contributed by atoms with Crippen molar-refractivity contribution in [3.8, 4) is 0 Å². The van der Waals surface area contributed by atoms with Crippen LogP contribution in [0.5, 0.6) is 0 Å². The van der Waals surface area contributed by atoms with Gasteiger partial charge < -0.3 is 19.7 Å². The lowest BCUT2D eigenvalue weighted by Gasteiger charge is -2.06. The first kappa shape index (κ1) is 11.1. The molecule has 1 unspecified atom stereocenters. The van der Waals surface area contributed by atoms with E-state index < -0.39 is 15.9 Å². The molecule has 0 amide bonds. The van der Waals surface area contributed by atoms with Crippen molar-refractivity contribution in [1.29, 1.82) is 0 Å². The lowest BCUT2D eigenvalue weighted by Crippen LogP contribution is -2.19. The Balaban J connectivity index is 2.89. The molecule has 0 aromatic rings. The molecule has 0 bridgehead atoms. The highest BCUT2D eigenvalue weighted by Gasteiger charge is 1.99. The molecular formula is C6H16O4Si. The first-order chi connectivity index (χ1) is 5.31. The van der Waals surface area contributed by atoms with E-state index in [1.807, 2.05) is 0 Å². The van der Waals surface area contributed by atoms with Gasteiger partial charge in [0, 0.05) is 6.61 Å². The summed E-state index contributed by atoms with van der Waals surface area (Å²) in [6.07, 6.45) is 0.0855. The molecule has 5 heteroatoms. The third-order valence-electron chi connectivity index (χ3n) is 1.22. The number of hydrogen-bond donors (Lipinski definition) is 3. The fourth-order valence-corrected chi connectivity index (χ4v) is 1.02. The van der Waals surface area contributed by atoms with Crippen molar-refractivity contribution >= 4 is 9.76 Å². The number of ether oxygens (including phenoxy) is 1. The van der Waals surface area contributed by atoms with Crippen LogP contribution in [0, 0.1) is 0 Å². The number of rotatable bonds is 7. The van der Waals surface area contributed by atoms with E-state index in [1.54, 1.807) is 0 Å². The van der Waals surface area contributed by atoms with E-state index in [2.05, 4.69) is 0 Å². The first-order valence-corrected chi connectivity index (χ1v) is 5.42. The van der Waals surface area contributed by atoms with Crippen molar-refractivity contribution in [1.82, 2.24) is 0 Å². The Kier molecular flexibility index (Phi) is 8.20.